The molecule has 0 radical (unpaired) electrons. The average molecular weight is 473 g/mol. The van der Waals surface area contributed by atoms with Crippen LogP contribution < -0.4 is 10.0 Å². The first kappa shape index (κ1) is 21.4. The van der Waals surface area contributed by atoms with Gasteiger partial charge in [0.25, 0.3) is 0 Å². The van der Waals surface area contributed by atoms with E-state index in [1.54, 1.807) is 36.4 Å². The summed E-state index contributed by atoms with van der Waals surface area (Å²) >= 11 is 6.92. The van der Waals surface area contributed by atoms with Gasteiger partial charge in [-0.3, -0.25) is 4.79 Å². The van der Waals surface area contributed by atoms with Crippen LogP contribution in [0.25, 0.3) is 11.0 Å². The molecule has 4 rings (SSSR count). The number of benzene rings is 3. The molecule has 0 aliphatic rings. The zero-order valence-electron chi connectivity index (χ0n) is 16.0. The molecule has 3 aromatic carbocycles. The lowest BCUT2D eigenvalue weighted by Crippen LogP contribution is -2.45. The monoisotopic (exact) mass is 472 g/mol. The minimum atomic E-state index is -4.05. The maximum atomic E-state index is 13.2. The van der Waals surface area contributed by atoms with Crippen LogP contribution in [0.1, 0.15) is 5.56 Å². The summed E-state index contributed by atoms with van der Waals surface area (Å²) in [5.74, 6) is -0.502. The summed E-state index contributed by atoms with van der Waals surface area (Å²) in [5, 5.41) is 3.19. The summed E-state index contributed by atoms with van der Waals surface area (Å²) in [6, 6.07) is 19.5. The lowest BCUT2D eigenvalue weighted by atomic mass is 10.1. The fourth-order valence-corrected chi connectivity index (χ4v) is 5.23. The molecule has 158 valence electrons. The highest BCUT2D eigenvalue weighted by atomic mass is 35.5. The number of nitrogens with one attached hydrogen (secondary N) is 2. The number of halogens is 1. The number of sulfonamides is 1. The van der Waals surface area contributed by atoms with Crippen molar-refractivity contribution >= 4 is 56.0 Å². The highest BCUT2D eigenvalue weighted by Crippen LogP contribution is 2.22. The molecule has 1 aromatic heterocycles. The molecule has 0 bridgehead atoms. The zero-order chi connectivity index (χ0) is 21.8. The molecule has 1 atom stereocenters. The number of anilines is 1. The van der Waals surface area contributed by atoms with Gasteiger partial charge in [-0.15, -0.1) is 0 Å². The number of fused-ring (bicyclic) bond motifs is 1. The average Bonchev–Trinajstić information content (AvgIpc) is 3.22. The van der Waals surface area contributed by atoms with Crippen molar-refractivity contribution in [3.8, 4) is 0 Å². The molecule has 1 amide bonds. The van der Waals surface area contributed by atoms with Gasteiger partial charge in [0.2, 0.25) is 15.9 Å². The minimum Gasteiger partial charge on any atom is -0.325 e. The fourth-order valence-electron chi connectivity index (χ4n) is 3.08. The smallest absolute Gasteiger partial charge is 0.243 e. The maximum Gasteiger partial charge on any atom is 0.243 e. The summed E-state index contributed by atoms with van der Waals surface area (Å²) in [6.45, 7) is 0. The molecule has 1 heterocycles. The van der Waals surface area contributed by atoms with E-state index >= 15 is 0 Å². The molecular weight excluding hydrogens is 456 g/mol. The third kappa shape index (κ3) is 5.08. The molecule has 0 aliphatic carbocycles. The van der Waals surface area contributed by atoms with Gasteiger partial charge < -0.3 is 5.32 Å². The Labute approximate surface area is 188 Å². The third-order valence-electron chi connectivity index (χ3n) is 4.53. The Bertz CT molecular complexity index is 1330. The van der Waals surface area contributed by atoms with Crippen LogP contribution in [-0.2, 0) is 21.2 Å². The Hall–Kier alpha value is -2.85. The van der Waals surface area contributed by atoms with E-state index in [0.29, 0.717) is 16.2 Å². The van der Waals surface area contributed by atoms with Gasteiger partial charge in [-0.1, -0.05) is 54.1 Å². The first-order valence-corrected chi connectivity index (χ1v) is 11.9. The Morgan fingerprint density at radius 2 is 1.77 bits per heavy atom. The predicted molar refractivity (Wildman–Crippen MR) is 122 cm³/mol. The minimum absolute atomic E-state index is 0.0210. The van der Waals surface area contributed by atoms with Crippen molar-refractivity contribution in [2.45, 2.75) is 17.4 Å². The topological polar surface area (TPSA) is 101 Å². The van der Waals surface area contributed by atoms with Crippen LogP contribution in [0.15, 0.2) is 77.7 Å². The summed E-state index contributed by atoms with van der Waals surface area (Å²) in [5.41, 5.74) is 2.04. The van der Waals surface area contributed by atoms with E-state index in [-0.39, 0.29) is 16.8 Å². The van der Waals surface area contributed by atoms with Gasteiger partial charge in [-0.05, 0) is 42.3 Å². The first-order chi connectivity index (χ1) is 14.9. The Morgan fingerprint density at radius 1 is 1.00 bits per heavy atom. The summed E-state index contributed by atoms with van der Waals surface area (Å²) in [4.78, 5) is 13.0. The van der Waals surface area contributed by atoms with E-state index in [0.717, 1.165) is 17.3 Å². The molecule has 10 heteroatoms. The molecule has 0 spiro atoms. The van der Waals surface area contributed by atoms with Crippen molar-refractivity contribution in [2.24, 2.45) is 0 Å². The van der Waals surface area contributed by atoms with Crippen LogP contribution in [0.2, 0.25) is 5.02 Å². The number of carbonyl (C=O) groups excluding carboxylic acids is 1. The molecule has 31 heavy (non-hydrogen) atoms. The van der Waals surface area contributed by atoms with Crippen LogP contribution in [-0.4, -0.2) is 29.1 Å². The van der Waals surface area contributed by atoms with Crippen molar-refractivity contribution in [1.29, 1.82) is 0 Å². The summed E-state index contributed by atoms with van der Waals surface area (Å²) < 4.78 is 37.1. The normalized spacial score (nSPS) is 12.5. The van der Waals surface area contributed by atoms with Gasteiger partial charge in [-0.2, -0.15) is 13.5 Å². The molecule has 7 nitrogen and oxygen atoms in total. The molecule has 0 aliphatic heterocycles. The molecule has 0 saturated heterocycles. The van der Waals surface area contributed by atoms with Crippen LogP contribution in [0.3, 0.4) is 0 Å². The predicted octanol–water partition coefficient (Wildman–Crippen LogP) is 3.87. The van der Waals surface area contributed by atoms with Crippen LogP contribution >= 0.6 is 23.3 Å². The largest absolute Gasteiger partial charge is 0.325 e. The SMILES string of the molecule is O=C(Nc1cccc(Cl)c1)[C@H](Cc1ccccc1)NS(=O)(=O)c1cccc2nsnc12. The van der Waals surface area contributed by atoms with Gasteiger partial charge in [0, 0.05) is 10.7 Å². The zero-order valence-corrected chi connectivity index (χ0v) is 18.4. The number of hydrogen-bond donors (Lipinski definition) is 2. The number of rotatable bonds is 7. The molecule has 2 N–H and O–H groups in total. The van der Waals surface area contributed by atoms with Crippen LogP contribution in [0, 0.1) is 0 Å². The number of amides is 1. The number of hydrogen-bond acceptors (Lipinski definition) is 6. The fraction of sp³-hybridized carbons (Fsp3) is 0.0952. The second kappa shape index (κ2) is 9.11. The van der Waals surface area contributed by atoms with E-state index in [2.05, 4.69) is 18.8 Å². The van der Waals surface area contributed by atoms with Crippen molar-refractivity contribution in [3.63, 3.8) is 0 Å². The van der Waals surface area contributed by atoms with Gasteiger partial charge in [0.1, 0.15) is 22.0 Å². The lowest BCUT2D eigenvalue weighted by molar-refractivity contribution is -0.117. The number of aromatic nitrogens is 2. The summed E-state index contributed by atoms with van der Waals surface area (Å²) in [6.07, 6.45) is 0.164. The van der Waals surface area contributed by atoms with E-state index in [1.807, 2.05) is 30.3 Å². The molecule has 4 aromatic rings. The van der Waals surface area contributed by atoms with Crippen LogP contribution in [0.5, 0.6) is 0 Å². The third-order valence-corrected chi connectivity index (χ3v) is 6.81. The standard InChI is InChI=1S/C21H17ClN4O3S2/c22-15-8-4-9-16(13-15)23-21(27)18(12-14-6-2-1-3-7-14)26-31(28,29)19-11-5-10-17-20(19)25-30-24-17/h1-11,13,18,26H,12H2,(H,23,27)/t18-/m0/s1. The number of nitrogens with zero attached hydrogens (tertiary/aromatic N) is 2. The van der Waals surface area contributed by atoms with E-state index < -0.39 is 22.0 Å². The maximum absolute atomic E-state index is 13.2. The lowest BCUT2D eigenvalue weighted by Gasteiger charge is -2.19. The number of carbonyl (C=O) groups is 1. The van der Waals surface area contributed by atoms with Gasteiger partial charge in [0.15, 0.2) is 0 Å². The second-order valence-electron chi connectivity index (χ2n) is 6.75. The molecule has 0 unspecified atom stereocenters. The van der Waals surface area contributed by atoms with Gasteiger partial charge >= 0.3 is 0 Å². The highest BCUT2D eigenvalue weighted by molar-refractivity contribution is 7.89. The van der Waals surface area contributed by atoms with E-state index in [9.17, 15) is 13.2 Å². The summed E-state index contributed by atoms with van der Waals surface area (Å²) in [7, 11) is -4.05. The van der Waals surface area contributed by atoms with Crippen molar-refractivity contribution in [2.75, 3.05) is 5.32 Å². The van der Waals surface area contributed by atoms with E-state index in [4.69, 9.17) is 11.6 Å². The van der Waals surface area contributed by atoms with Crippen molar-refractivity contribution in [1.82, 2.24) is 13.5 Å². The second-order valence-corrected chi connectivity index (χ2v) is 9.40. The molecular formula is C21H17ClN4O3S2. The van der Waals surface area contributed by atoms with Gasteiger partial charge in [-0.25, -0.2) is 8.42 Å². The van der Waals surface area contributed by atoms with Crippen molar-refractivity contribution in [3.05, 3.63) is 83.4 Å². The first-order valence-electron chi connectivity index (χ1n) is 9.26. The molecule has 0 fully saturated rings. The quantitative estimate of drug-likeness (QED) is 0.425. The Kier molecular flexibility index (Phi) is 6.28. The van der Waals surface area contributed by atoms with Crippen molar-refractivity contribution < 1.29 is 13.2 Å². The highest BCUT2D eigenvalue weighted by Gasteiger charge is 2.28. The van der Waals surface area contributed by atoms with E-state index in [1.165, 1.54) is 6.07 Å². The Morgan fingerprint density at radius 3 is 2.55 bits per heavy atom. The molecule has 0 saturated carbocycles. The Balaban J connectivity index is 1.65. The van der Waals surface area contributed by atoms with Gasteiger partial charge in [0.05, 0.1) is 11.7 Å². The van der Waals surface area contributed by atoms with Crippen LogP contribution in [0.4, 0.5) is 5.69 Å².